The molecular formula is C24H28N6O3. The highest BCUT2D eigenvalue weighted by Crippen LogP contribution is 2.33. The molecule has 0 bridgehead atoms. The van der Waals surface area contributed by atoms with Crippen LogP contribution in [0.3, 0.4) is 0 Å². The second-order valence-electron chi connectivity index (χ2n) is 8.64. The van der Waals surface area contributed by atoms with Gasteiger partial charge in [-0.2, -0.15) is 5.21 Å². The van der Waals surface area contributed by atoms with Crippen LogP contribution in [0.2, 0.25) is 0 Å². The van der Waals surface area contributed by atoms with Crippen molar-refractivity contribution >= 4 is 5.97 Å². The summed E-state index contributed by atoms with van der Waals surface area (Å²) < 4.78 is 0. The summed E-state index contributed by atoms with van der Waals surface area (Å²) in [5.74, 6) is -0.528. The SMILES string of the molecule is CCCC1NC(C(C)(C)O)=C(C(=O)O)N1Cc1ccc(-c2ccccc2-c2nn[nH]n2)cc1. The highest BCUT2D eigenvalue weighted by atomic mass is 16.4. The van der Waals surface area contributed by atoms with Gasteiger partial charge in [-0.25, -0.2) is 4.79 Å². The Morgan fingerprint density at radius 3 is 2.39 bits per heavy atom. The maximum atomic E-state index is 12.1. The first kappa shape index (κ1) is 22.5. The fraction of sp³-hybridized carbons (Fsp3) is 0.333. The van der Waals surface area contributed by atoms with Gasteiger partial charge in [0, 0.05) is 12.1 Å². The molecule has 0 saturated heterocycles. The van der Waals surface area contributed by atoms with Crippen molar-refractivity contribution in [2.45, 2.75) is 51.9 Å². The third kappa shape index (κ3) is 4.58. The molecule has 0 aliphatic carbocycles. The van der Waals surface area contributed by atoms with Crippen LogP contribution >= 0.6 is 0 Å². The van der Waals surface area contributed by atoms with Gasteiger partial charge in [0.2, 0.25) is 5.82 Å². The summed E-state index contributed by atoms with van der Waals surface area (Å²) >= 11 is 0. The third-order valence-corrected chi connectivity index (χ3v) is 5.72. The van der Waals surface area contributed by atoms with Gasteiger partial charge in [0.25, 0.3) is 0 Å². The molecule has 1 aromatic heterocycles. The number of nitrogens with zero attached hydrogens (tertiary/aromatic N) is 4. The second kappa shape index (κ2) is 9.03. The van der Waals surface area contributed by atoms with Gasteiger partial charge in [0.15, 0.2) is 0 Å². The number of benzene rings is 2. The number of aromatic amines is 1. The number of aliphatic hydroxyl groups is 1. The molecule has 0 fully saturated rings. The molecule has 1 aliphatic heterocycles. The number of aliphatic carboxylic acids is 1. The second-order valence-corrected chi connectivity index (χ2v) is 8.64. The van der Waals surface area contributed by atoms with Crippen LogP contribution in [0, 0.1) is 0 Å². The molecule has 4 N–H and O–H groups in total. The Labute approximate surface area is 192 Å². The Morgan fingerprint density at radius 1 is 1.12 bits per heavy atom. The Bertz CT molecular complexity index is 1150. The molecule has 4 rings (SSSR count). The molecule has 0 radical (unpaired) electrons. The summed E-state index contributed by atoms with van der Waals surface area (Å²) in [6, 6.07) is 15.8. The van der Waals surface area contributed by atoms with Crippen LogP contribution in [-0.2, 0) is 11.3 Å². The zero-order chi connectivity index (χ0) is 23.6. The molecule has 0 spiro atoms. The molecule has 172 valence electrons. The lowest BCUT2D eigenvalue weighted by Gasteiger charge is -2.28. The highest BCUT2D eigenvalue weighted by molar-refractivity contribution is 5.88. The monoisotopic (exact) mass is 448 g/mol. The van der Waals surface area contributed by atoms with E-state index >= 15 is 0 Å². The summed E-state index contributed by atoms with van der Waals surface area (Å²) in [6.07, 6.45) is 1.44. The summed E-state index contributed by atoms with van der Waals surface area (Å²) in [7, 11) is 0. The van der Waals surface area contributed by atoms with Gasteiger partial charge in [-0.3, -0.25) is 0 Å². The molecular weight excluding hydrogens is 420 g/mol. The predicted molar refractivity (Wildman–Crippen MR) is 123 cm³/mol. The van der Waals surface area contributed by atoms with Crippen LogP contribution in [0.1, 0.15) is 39.2 Å². The average molecular weight is 449 g/mol. The number of rotatable bonds is 8. The number of aromatic nitrogens is 4. The first-order chi connectivity index (χ1) is 15.8. The fourth-order valence-electron chi connectivity index (χ4n) is 4.19. The largest absolute Gasteiger partial charge is 0.477 e. The number of carbonyl (C=O) groups is 1. The molecule has 33 heavy (non-hydrogen) atoms. The quantitative estimate of drug-likeness (QED) is 0.414. The van der Waals surface area contributed by atoms with Gasteiger partial charge in [0.1, 0.15) is 11.3 Å². The van der Waals surface area contributed by atoms with Crippen LogP contribution in [0.25, 0.3) is 22.5 Å². The maximum absolute atomic E-state index is 12.1. The van der Waals surface area contributed by atoms with E-state index in [1.165, 1.54) is 0 Å². The highest BCUT2D eigenvalue weighted by Gasteiger charge is 2.40. The number of carboxylic acid groups (broad SMARTS) is 1. The number of nitrogens with one attached hydrogen (secondary N) is 2. The standard InChI is InChI=1S/C24H28N6O3/c1-4-7-19-25-21(24(2,3)33)20(23(31)32)30(19)14-15-10-12-16(13-11-15)17-8-5-6-9-18(17)22-26-28-29-27-22/h5-6,8-13,19,25,33H,4,7,14H2,1-3H3,(H,31,32)(H,26,27,28,29). The lowest BCUT2D eigenvalue weighted by atomic mass is 9.98. The zero-order valence-corrected chi connectivity index (χ0v) is 18.9. The summed E-state index contributed by atoms with van der Waals surface area (Å²) in [6.45, 7) is 5.66. The molecule has 1 aliphatic rings. The van der Waals surface area contributed by atoms with Crippen LogP contribution in [0.15, 0.2) is 59.9 Å². The van der Waals surface area contributed by atoms with Crippen LogP contribution in [0.5, 0.6) is 0 Å². The van der Waals surface area contributed by atoms with Gasteiger partial charge < -0.3 is 20.4 Å². The van der Waals surface area contributed by atoms with Gasteiger partial charge >= 0.3 is 5.97 Å². The van der Waals surface area contributed by atoms with Crippen molar-refractivity contribution in [3.05, 3.63) is 65.5 Å². The molecule has 3 aromatic rings. The Balaban J connectivity index is 1.64. The minimum Gasteiger partial charge on any atom is -0.477 e. The van der Waals surface area contributed by atoms with E-state index in [0.29, 0.717) is 18.1 Å². The zero-order valence-electron chi connectivity index (χ0n) is 18.9. The Morgan fingerprint density at radius 2 is 1.82 bits per heavy atom. The summed E-state index contributed by atoms with van der Waals surface area (Å²) in [5.41, 5.74) is 3.00. The molecule has 2 aromatic carbocycles. The number of tetrazole rings is 1. The van der Waals surface area contributed by atoms with E-state index in [9.17, 15) is 15.0 Å². The van der Waals surface area contributed by atoms with E-state index in [-0.39, 0.29) is 11.9 Å². The topological polar surface area (TPSA) is 127 Å². The number of hydrogen-bond donors (Lipinski definition) is 4. The fourth-order valence-corrected chi connectivity index (χ4v) is 4.19. The van der Waals surface area contributed by atoms with E-state index in [0.717, 1.165) is 35.1 Å². The minimum atomic E-state index is -1.28. The lowest BCUT2D eigenvalue weighted by Crippen LogP contribution is -2.39. The van der Waals surface area contributed by atoms with E-state index in [2.05, 4.69) is 32.9 Å². The molecule has 2 heterocycles. The van der Waals surface area contributed by atoms with Crippen LogP contribution < -0.4 is 5.32 Å². The number of H-pyrrole nitrogens is 1. The van der Waals surface area contributed by atoms with Gasteiger partial charge in [-0.05, 0) is 42.2 Å². The molecule has 9 nitrogen and oxygen atoms in total. The van der Waals surface area contributed by atoms with E-state index in [1.807, 2.05) is 53.4 Å². The van der Waals surface area contributed by atoms with E-state index in [1.54, 1.807) is 13.8 Å². The predicted octanol–water partition coefficient (Wildman–Crippen LogP) is 3.13. The van der Waals surface area contributed by atoms with E-state index < -0.39 is 11.6 Å². The van der Waals surface area contributed by atoms with Crippen molar-refractivity contribution < 1.29 is 15.0 Å². The average Bonchev–Trinajstić information content (AvgIpc) is 3.43. The van der Waals surface area contributed by atoms with Gasteiger partial charge in [0.05, 0.1) is 11.9 Å². The first-order valence-electron chi connectivity index (χ1n) is 11.0. The van der Waals surface area contributed by atoms with Crippen molar-refractivity contribution in [2.75, 3.05) is 0 Å². The van der Waals surface area contributed by atoms with Gasteiger partial charge in [-0.15, -0.1) is 10.2 Å². The molecule has 1 unspecified atom stereocenters. The number of hydrogen-bond acceptors (Lipinski definition) is 7. The number of carboxylic acids is 1. The summed E-state index contributed by atoms with van der Waals surface area (Å²) in [5, 5.41) is 38.0. The smallest absolute Gasteiger partial charge is 0.354 e. The van der Waals surface area contributed by atoms with Crippen LogP contribution in [0.4, 0.5) is 0 Å². The van der Waals surface area contributed by atoms with Crippen molar-refractivity contribution in [2.24, 2.45) is 0 Å². The van der Waals surface area contributed by atoms with Crippen molar-refractivity contribution in [1.82, 2.24) is 30.8 Å². The molecule has 0 saturated carbocycles. The lowest BCUT2D eigenvalue weighted by molar-refractivity contribution is -0.134. The van der Waals surface area contributed by atoms with Crippen LogP contribution in [-0.4, -0.2) is 53.5 Å². The Hall–Kier alpha value is -3.72. The molecule has 9 heteroatoms. The summed E-state index contributed by atoms with van der Waals surface area (Å²) in [4.78, 5) is 14.0. The van der Waals surface area contributed by atoms with Gasteiger partial charge in [-0.1, -0.05) is 61.9 Å². The van der Waals surface area contributed by atoms with Crippen molar-refractivity contribution in [3.8, 4) is 22.5 Å². The molecule has 1 atom stereocenters. The van der Waals surface area contributed by atoms with Crippen molar-refractivity contribution in [3.63, 3.8) is 0 Å². The maximum Gasteiger partial charge on any atom is 0.354 e. The molecule has 0 amide bonds. The van der Waals surface area contributed by atoms with E-state index in [4.69, 9.17) is 0 Å². The first-order valence-corrected chi connectivity index (χ1v) is 11.0. The third-order valence-electron chi connectivity index (χ3n) is 5.72. The minimum absolute atomic E-state index is 0.118. The Kier molecular flexibility index (Phi) is 6.15. The normalized spacial score (nSPS) is 16.2. The van der Waals surface area contributed by atoms with Crippen molar-refractivity contribution in [1.29, 1.82) is 0 Å².